The Kier molecular flexibility index (Phi) is 8.90. The first-order valence-electron chi connectivity index (χ1n) is 15.3. The molecule has 1 atom stereocenters. The first-order chi connectivity index (χ1) is 20.5. The molecule has 1 N–H and O–H groups in total. The van der Waals surface area contributed by atoms with Crippen LogP contribution in [0.25, 0.3) is 33.7 Å². The zero-order valence-electron chi connectivity index (χ0n) is 26.4. The van der Waals surface area contributed by atoms with E-state index in [4.69, 9.17) is 14.7 Å². The summed E-state index contributed by atoms with van der Waals surface area (Å²) in [5.74, 6) is 2.10. The van der Waals surface area contributed by atoms with E-state index in [0.29, 0.717) is 31.5 Å². The number of hydrogen-bond donors (Lipinski definition) is 1. The lowest BCUT2D eigenvalue weighted by atomic mass is 9.96. The van der Waals surface area contributed by atoms with Crippen LogP contribution in [0.3, 0.4) is 0 Å². The molecule has 0 amide bonds. The fourth-order valence-corrected chi connectivity index (χ4v) is 6.04. The van der Waals surface area contributed by atoms with Crippen molar-refractivity contribution in [2.45, 2.75) is 59.1 Å². The molecule has 43 heavy (non-hydrogen) atoms. The summed E-state index contributed by atoms with van der Waals surface area (Å²) < 4.78 is 7.60. The van der Waals surface area contributed by atoms with Gasteiger partial charge in [0.25, 0.3) is 5.56 Å². The largest absolute Gasteiger partial charge is 0.389 e. The van der Waals surface area contributed by atoms with Crippen molar-refractivity contribution in [2.75, 3.05) is 37.7 Å². The highest BCUT2D eigenvalue weighted by atomic mass is 16.5. The molecule has 3 aromatic rings. The monoisotopic (exact) mass is 583 g/mol. The van der Waals surface area contributed by atoms with Crippen molar-refractivity contribution >= 4 is 28.4 Å². The fourth-order valence-electron chi connectivity index (χ4n) is 6.04. The maximum atomic E-state index is 12.8. The van der Waals surface area contributed by atoms with Crippen molar-refractivity contribution in [3.63, 3.8) is 0 Å². The number of aryl methyl sites for hydroxylation is 1. The number of fused-ring (bicyclic) bond motifs is 1. The maximum absolute atomic E-state index is 12.8. The highest BCUT2D eigenvalue weighted by Gasteiger charge is 2.38. The molecule has 8 heteroatoms. The van der Waals surface area contributed by atoms with Crippen LogP contribution >= 0.6 is 0 Å². The standard InChI is InChI=1S/C35H45N5O3/c1-8-11-27-23(4)34(41)38(7)20-29(27)26-14-15-30-28(18-26)33(40-16-17-43-21-31(40)25-12-13-25)37-32(36-30)24(9-2)19-39(10-3)22-35(5,6)42/h8-9,11,14-15,18-20,25,31,42H,2,10,12-13,16-17,21-22H2,1,3-7H3/b11-8-,24-19+. The number of allylic oxidation sites excluding steroid dienone is 3. The number of morpholine rings is 1. The molecule has 8 nitrogen and oxygen atoms in total. The van der Waals surface area contributed by atoms with Crippen LogP contribution in [0.1, 0.15) is 57.5 Å². The van der Waals surface area contributed by atoms with E-state index in [1.54, 1.807) is 17.7 Å². The highest BCUT2D eigenvalue weighted by molar-refractivity contribution is 5.95. The van der Waals surface area contributed by atoms with Crippen LogP contribution in [-0.4, -0.2) is 69.0 Å². The minimum absolute atomic E-state index is 0.00125. The fraction of sp³-hybridized carbons (Fsp3) is 0.457. The summed E-state index contributed by atoms with van der Waals surface area (Å²) in [6.45, 7) is 16.9. The summed E-state index contributed by atoms with van der Waals surface area (Å²) in [7, 11) is 1.80. The predicted molar refractivity (Wildman–Crippen MR) is 176 cm³/mol. The van der Waals surface area contributed by atoms with E-state index in [9.17, 15) is 9.90 Å². The number of likely N-dealkylation sites (N-methyl/N-ethyl adjacent to an activating group) is 1. The Morgan fingerprint density at radius 1 is 1.28 bits per heavy atom. The zero-order chi connectivity index (χ0) is 30.9. The summed E-state index contributed by atoms with van der Waals surface area (Å²) in [5, 5.41) is 11.4. The van der Waals surface area contributed by atoms with Crippen LogP contribution in [0.15, 0.2) is 54.1 Å². The molecule has 2 aromatic heterocycles. The normalized spacial score (nSPS) is 18.1. The molecule has 228 valence electrons. The second-order valence-corrected chi connectivity index (χ2v) is 12.4. The molecule has 2 aliphatic rings. The minimum atomic E-state index is -0.846. The van der Waals surface area contributed by atoms with Gasteiger partial charge in [0, 0.05) is 61.2 Å². The average molecular weight is 584 g/mol. The van der Waals surface area contributed by atoms with Gasteiger partial charge in [0.15, 0.2) is 5.82 Å². The van der Waals surface area contributed by atoms with Crippen LogP contribution < -0.4 is 10.5 Å². The van der Waals surface area contributed by atoms with Crippen molar-refractivity contribution in [2.24, 2.45) is 13.0 Å². The predicted octanol–water partition coefficient (Wildman–Crippen LogP) is 5.57. The maximum Gasteiger partial charge on any atom is 0.253 e. The van der Waals surface area contributed by atoms with Gasteiger partial charge in [0.2, 0.25) is 0 Å². The van der Waals surface area contributed by atoms with E-state index in [1.165, 1.54) is 12.8 Å². The van der Waals surface area contributed by atoms with Crippen LogP contribution in [0.4, 0.5) is 5.82 Å². The Balaban J connectivity index is 1.72. The van der Waals surface area contributed by atoms with Gasteiger partial charge in [-0.3, -0.25) is 4.79 Å². The van der Waals surface area contributed by atoms with Gasteiger partial charge in [-0.15, -0.1) is 0 Å². The van der Waals surface area contributed by atoms with Crippen molar-refractivity contribution < 1.29 is 9.84 Å². The molecule has 1 aliphatic carbocycles. The second-order valence-electron chi connectivity index (χ2n) is 12.4. The van der Waals surface area contributed by atoms with Gasteiger partial charge < -0.3 is 24.2 Å². The number of aromatic nitrogens is 3. The molecule has 3 heterocycles. The number of aliphatic hydroxyl groups is 1. The lowest BCUT2D eigenvalue weighted by Crippen LogP contribution is -2.47. The summed E-state index contributed by atoms with van der Waals surface area (Å²) in [6, 6.07) is 6.57. The van der Waals surface area contributed by atoms with Crippen molar-refractivity contribution in [3.8, 4) is 11.1 Å². The van der Waals surface area contributed by atoms with E-state index in [-0.39, 0.29) is 11.6 Å². The summed E-state index contributed by atoms with van der Waals surface area (Å²) >= 11 is 0. The topological polar surface area (TPSA) is 83.7 Å². The molecule has 1 saturated carbocycles. The van der Waals surface area contributed by atoms with Gasteiger partial charge in [-0.1, -0.05) is 30.9 Å². The number of pyridine rings is 1. The minimum Gasteiger partial charge on any atom is -0.389 e. The number of benzene rings is 1. The van der Waals surface area contributed by atoms with E-state index < -0.39 is 5.60 Å². The molecular formula is C35H45N5O3. The van der Waals surface area contributed by atoms with E-state index in [0.717, 1.165) is 57.6 Å². The molecule has 0 spiro atoms. The number of rotatable bonds is 10. The van der Waals surface area contributed by atoms with Gasteiger partial charge in [0.1, 0.15) is 5.82 Å². The number of anilines is 1. The van der Waals surface area contributed by atoms with Gasteiger partial charge >= 0.3 is 0 Å². The van der Waals surface area contributed by atoms with E-state index in [1.807, 2.05) is 52.2 Å². The zero-order valence-corrected chi connectivity index (χ0v) is 26.4. The summed E-state index contributed by atoms with van der Waals surface area (Å²) in [6.07, 6.45) is 12.1. The van der Waals surface area contributed by atoms with E-state index in [2.05, 4.69) is 41.5 Å². The van der Waals surface area contributed by atoms with Crippen LogP contribution in [0.2, 0.25) is 0 Å². The smallest absolute Gasteiger partial charge is 0.253 e. The lowest BCUT2D eigenvalue weighted by Gasteiger charge is -2.37. The van der Waals surface area contributed by atoms with Gasteiger partial charge in [-0.25, -0.2) is 9.97 Å². The van der Waals surface area contributed by atoms with Gasteiger partial charge in [0.05, 0.1) is 30.4 Å². The van der Waals surface area contributed by atoms with Gasteiger partial charge in [-0.05, 0) is 76.6 Å². The summed E-state index contributed by atoms with van der Waals surface area (Å²) in [5.41, 5.74) is 4.45. The third-order valence-corrected chi connectivity index (χ3v) is 8.38. The molecule has 0 radical (unpaired) electrons. The van der Waals surface area contributed by atoms with Crippen molar-refractivity contribution in [3.05, 3.63) is 76.6 Å². The SMILES string of the molecule is C=C/C(=C\N(CC)CC(C)(C)O)c1nc(N2CCOCC2C2CC2)c2cc(-c3cn(C)c(=O)c(C)c3/C=C\C)ccc2n1. The van der Waals surface area contributed by atoms with Crippen LogP contribution in [-0.2, 0) is 11.8 Å². The Labute approximate surface area is 255 Å². The highest BCUT2D eigenvalue weighted by Crippen LogP contribution is 2.40. The number of ether oxygens (including phenoxy) is 1. The van der Waals surface area contributed by atoms with Crippen molar-refractivity contribution in [1.82, 2.24) is 19.4 Å². The number of nitrogens with zero attached hydrogens (tertiary/aromatic N) is 5. The van der Waals surface area contributed by atoms with Crippen LogP contribution in [0.5, 0.6) is 0 Å². The number of hydrogen-bond acceptors (Lipinski definition) is 7. The lowest BCUT2D eigenvalue weighted by molar-refractivity contribution is 0.0520. The Hall–Kier alpha value is -3.75. The molecule has 5 rings (SSSR count). The molecule has 0 bridgehead atoms. The Morgan fingerprint density at radius 2 is 2.05 bits per heavy atom. The third kappa shape index (κ3) is 6.60. The Morgan fingerprint density at radius 3 is 2.70 bits per heavy atom. The Bertz CT molecular complexity index is 1630. The summed E-state index contributed by atoms with van der Waals surface area (Å²) in [4.78, 5) is 27.6. The van der Waals surface area contributed by atoms with Crippen LogP contribution in [0, 0.1) is 12.8 Å². The molecule has 1 unspecified atom stereocenters. The molecule has 1 aliphatic heterocycles. The molecular weight excluding hydrogens is 538 g/mol. The molecule has 1 saturated heterocycles. The molecule has 1 aromatic carbocycles. The first kappa shape index (κ1) is 30.7. The third-order valence-electron chi connectivity index (χ3n) is 8.38. The van der Waals surface area contributed by atoms with Crippen molar-refractivity contribution in [1.29, 1.82) is 0 Å². The second kappa shape index (κ2) is 12.5. The average Bonchev–Trinajstić information content (AvgIpc) is 3.84. The first-order valence-corrected chi connectivity index (χ1v) is 15.3. The quantitative estimate of drug-likeness (QED) is 0.312. The molecule has 2 fully saturated rings. The van der Waals surface area contributed by atoms with Gasteiger partial charge in [-0.2, -0.15) is 0 Å². The van der Waals surface area contributed by atoms with E-state index >= 15 is 0 Å².